The summed E-state index contributed by atoms with van der Waals surface area (Å²) in [6, 6.07) is 7.47. The van der Waals surface area contributed by atoms with Crippen molar-refractivity contribution < 1.29 is 4.92 Å². The monoisotopic (exact) mass is 261 g/mol. The van der Waals surface area contributed by atoms with E-state index < -0.39 is 0 Å². The lowest BCUT2D eigenvalue weighted by Gasteiger charge is -2.36. The Morgan fingerprint density at radius 1 is 1.32 bits per heavy atom. The Kier molecular flexibility index (Phi) is 4.14. The van der Waals surface area contributed by atoms with E-state index in [-0.39, 0.29) is 10.6 Å². The highest BCUT2D eigenvalue weighted by Gasteiger charge is 2.23. The van der Waals surface area contributed by atoms with Gasteiger partial charge in [0, 0.05) is 18.2 Å². The Morgan fingerprint density at radius 2 is 1.95 bits per heavy atom. The summed E-state index contributed by atoms with van der Waals surface area (Å²) in [4.78, 5) is 10.6. The van der Waals surface area contributed by atoms with E-state index in [1.165, 1.54) is 12.5 Å². The SMILES string of the molecule is CC1CCCC(C)N1N=Cc1ccccc1[N+](=O)[O-]. The number of nitro benzene ring substituents is 1. The number of hydrogen-bond donors (Lipinski definition) is 0. The van der Waals surface area contributed by atoms with Gasteiger partial charge in [0.05, 0.1) is 16.7 Å². The Bertz CT molecular complexity index is 477. The van der Waals surface area contributed by atoms with Crippen molar-refractivity contribution in [2.24, 2.45) is 5.10 Å². The molecular weight excluding hydrogens is 242 g/mol. The second kappa shape index (κ2) is 5.82. The van der Waals surface area contributed by atoms with Gasteiger partial charge in [-0.3, -0.25) is 15.1 Å². The molecule has 102 valence electrons. The third-order valence-electron chi connectivity index (χ3n) is 3.61. The molecule has 0 spiro atoms. The van der Waals surface area contributed by atoms with Gasteiger partial charge >= 0.3 is 0 Å². The first-order valence-corrected chi connectivity index (χ1v) is 6.65. The molecule has 0 bridgehead atoms. The molecule has 1 aliphatic heterocycles. The summed E-state index contributed by atoms with van der Waals surface area (Å²) in [6.45, 7) is 4.29. The molecule has 5 nitrogen and oxygen atoms in total. The quantitative estimate of drug-likeness (QED) is 0.477. The Morgan fingerprint density at radius 3 is 2.58 bits per heavy atom. The number of para-hydroxylation sites is 1. The van der Waals surface area contributed by atoms with Gasteiger partial charge in [0.1, 0.15) is 0 Å². The minimum atomic E-state index is -0.371. The largest absolute Gasteiger partial charge is 0.292 e. The minimum Gasteiger partial charge on any atom is -0.292 e. The topological polar surface area (TPSA) is 58.7 Å². The number of rotatable bonds is 3. The van der Waals surface area contributed by atoms with Gasteiger partial charge in [0.15, 0.2) is 0 Å². The van der Waals surface area contributed by atoms with Crippen LogP contribution in [0.5, 0.6) is 0 Å². The molecule has 1 saturated heterocycles. The number of piperidine rings is 1. The first-order valence-electron chi connectivity index (χ1n) is 6.65. The Labute approximate surface area is 113 Å². The normalized spacial score (nSPS) is 23.8. The Balaban J connectivity index is 2.20. The van der Waals surface area contributed by atoms with Crippen LogP contribution in [0.2, 0.25) is 0 Å². The predicted octanol–water partition coefficient (Wildman–Crippen LogP) is 3.19. The van der Waals surface area contributed by atoms with Crippen LogP contribution in [0.15, 0.2) is 29.4 Å². The second-order valence-corrected chi connectivity index (χ2v) is 5.07. The number of nitro groups is 1. The molecule has 0 amide bonds. The number of nitrogens with zero attached hydrogens (tertiary/aromatic N) is 3. The van der Waals surface area contributed by atoms with E-state index in [0.717, 1.165) is 12.8 Å². The first kappa shape index (κ1) is 13.5. The zero-order chi connectivity index (χ0) is 13.8. The third-order valence-corrected chi connectivity index (χ3v) is 3.61. The molecule has 19 heavy (non-hydrogen) atoms. The molecule has 5 heteroatoms. The first-order chi connectivity index (χ1) is 9.09. The van der Waals surface area contributed by atoms with Gasteiger partial charge < -0.3 is 0 Å². The van der Waals surface area contributed by atoms with Crippen LogP contribution in [-0.4, -0.2) is 28.2 Å². The zero-order valence-corrected chi connectivity index (χ0v) is 11.3. The molecule has 1 aromatic carbocycles. The average molecular weight is 261 g/mol. The molecule has 1 heterocycles. The van der Waals surface area contributed by atoms with Crippen LogP contribution < -0.4 is 0 Å². The number of hydrazone groups is 1. The van der Waals surface area contributed by atoms with Crippen LogP contribution in [0.3, 0.4) is 0 Å². The minimum absolute atomic E-state index is 0.101. The number of benzene rings is 1. The third kappa shape index (κ3) is 3.10. The molecule has 0 aromatic heterocycles. The highest BCUT2D eigenvalue weighted by molar-refractivity contribution is 5.85. The van der Waals surface area contributed by atoms with Crippen molar-refractivity contribution in [1.82, 2.24) is 5.01 Å². The maximum absolute atomic E-state index is 10.9. The van der Waals surface area contributed by atoms with E-state index in [4.69, 9.17) is 0 Å². The van der Waals surface area contributed by atoms with Crippen molar-refractivity contribution >= 4 is 11.9 Å². The molecule has 2 rings (SSSR count). The summed E-state index contributed by atoms with van der Waals surface area (Å²) in [7, 11) is 0. The van der Waals surface area contributed by atoms with E-state index in [1.54, 1.807) is 24.4 Å². The standard InChI is InChI=1S/C14H19N3O2/c1-11-6-5-7-12(2)16(11)15-10-13-8-3-4-9-14(13)17(18)19/h3-4,8-12H,5-7H2,1-2H3. The van der Waals surface area contributed by atoms with Gasteiger partial charge in [-0.1, -0.05) is 12.1 Å². The van der Waals surface area contributed by atoms with Crippen LogP contribution in [-0.2, 0) is 0 Å². The highest BCUT2D eigenvalue weighted by atomic mass is 16.6. The predicted molar refractivity (Wildman–Crippen MR) is 75.3 cm³/mol. The molecule has 1 aliphatic rings. The van der Waals surface area contributed by atoms with E-state index in [2.05, 4.69) is 24.0 Å². The van der Waals surface area contributed by atoms with Crippen molar-refractivity contribution in [3.05, 3.63) is 39.9 Å². The maximum Gasteiger partial charge on any atom is 0.278 e. The van der Waals surface area contributed by atoms with E-state index >= 15 is 0 Å². The summed E-state index contributed by atoms with van der Waals surface area (Å²) in [5.74, 6) is 0. The van der Waals surface area contributed by atoms with E-state index in [1.807, 2.05) is 0 Å². The maximum atomic E-state index is 10.9. The summed E-state index contributed by atoms with van der Waals surface area (Å²) >= 11 is 0. The lowest BCUT2D eigenvalue weighted by atomic mass is 10.00. The lowest BCUT2D eigenvalue weighted by Crippen LogP contribution is -2.39. The molecular formula is C14H19N3O2. The van der Waals surface area contributed by atoms with Crippen LogP contribution in [0.4, 0.5) is 5.69 Å². The van der Waals surface area contributed by atoms with Gasteiger partial charge in [-0.05, 0) is 39.2 Å². The van der Waals surface area contributed by atoms with E-state index in [9.17, 15) is 10.1 Å². The molecule has 0 N–H and O–H groups in total. The van der Waals surface area contributed by atoms with E-state index in [0.29, 0.717) is 17.6 Å². The van der Waals surface area contributed by atoms with Gasteiger partial charge in [-0.2, -0.15) is 5.10 Å². The smallest absolute Gasteiger partial charge is 0.278 e. The van der Waals surface area contributed by atoms with Crippen LogP contribution in [0, 0.1) is 10.1 Å². The van der Waals surface area contributed by atoms with Crippen molar-refractivity contribution in [1.29, 1.82) is 0 Å². The van der Waals surface area contributed by atoms with Crippen molar-refractivity contribution in [3.8, 4) is 0 Å². The summed E-state index contributed by atoms with van der Waals surface area (Å²) in [6.07, 6.45) is 5.08. The lowest BCUT2D eigenvalue weighted by molar-refractivity contribution is -0.385. The molecule has 1 fully saturated rings. The molecule has 0 aliphatic carbocycles. The van der Waals surface area contributed by atoms with Gasteiger partial charge in [-0.15, -0.1) is 0 Å². The van der Waals surface area contributed by atoms with Crippen molar-refractivity contribution in [2.45, 2.75) is 45.2 Å². The van der Waals surface area contributed by atoms with Gasteiger partial charge in [-0.25, -0.2) is 0 Å². The van der Waals surface area contributed by atoms with Crippen LogP contribution in [0.1, 0.15) is 38.7 Å². The molecule has 1 aromatic rings. The van der Waals surface area contributed by atoms with Gasteiger partial charge in [0.25, 0.3) is 5.69 Å². The summed E-state index contributed by atoms with van der Waals surface area (Å²) < 4.78 is 0. The summed E-state index contributed by atoms with van der Waals surface area (Å²) in [5, 5.41) is 17.4. The fourth-order valence-corrected chi connectivity index (χ4v) is 2.53. The highest BCUT2D eigenvalue weighted by Crippen LogP contribution is 2.23. The molecule has 0 radical (unpaired) electrons. The van der Waals surface area contributed by atoms with Crippen LogP contribution >= 0.6 is 0 Å². The summed E-state index contributed by atoms with van der Waals surface area (Å²) in [5.41, 5.74) is 0.654. The molecule has 2 atom stereocenters. The molecule has 0 saturated carbocycles. The fraction of sp³-hybridized carbons (Fsp3) is 0.500. The zero-order valence-electron chi connectivity index (χ0n) is 11.3. The second-order valence-electron chi connectivity index (χ2n) is 5.07. The fourth-order valence-electron chi connectivity index (χ4n) is 2.53. The van der Waals surface area contributed by atoms with Crippen LogP contribution in [0.25, 0.3) is 0 Å². The van der Waals surface area contributed by atoms with Gasteiger partial charge in [0.2, 0.25) is 0 Å². The number of hydrogen-bond acceptors (Lipinski definition) is 4. The van der Waals surface area contributed by atoms with Crippen molar-refractivity contribution in [3.63, 3.8) is 0 Å². The molecule has 2 unspecified atom stereocenters. The Hall–Kier alpha value is -1.91. The van der Waals surface area contributed by atoms with Crippen molar-refractivity contribution in [2.75, 3.05) is 0 Å². The average Bonchev–Trinajstić information content (AvgIpc) is 2.38.